The van der Waals surface area contributed by atoms with Crippen LogP contribution in [0.3, 0.4) is 0 Å². The maximum absolute atomic E-state index is 12.4. The van der Waals surface area contributed by atoms with E-state index in [-0.39, 0.29) is 0 Å². The molecular weight excluding hydrogens is 324 g/mol. The number of hydrogen-bond acceptors (Lipinski definition) is 4. The van der Waals surface area contributed by atoms with Crippen molar-refractivity contribution in [2.45, 2.75) is 32.1 Å². The van der Waals surface area contributed by atoms with Crippen molar-refractivity contribution in [3.63, 3.8) is 0 Å². The number of benzene rings is 1. The van der Waals surface area contributed by atoms with Gasteiger partial charge in [0.15, 0.2) is 9.84 Å². The van der Waals surface area contributed by atoms with Gasteiger partial charge in [0, 0.05) is 18.6 Å². The molecule has 0 spiro atoms. The topological polar surface area (TPSA) is 76.1 Å². The maximum Gasteiger partial charge on any atom is 0.238 e. The third-order valence-electron chi connectivity index (χ3n) is 3.89. The summed E-state index contributed by atoms with van der Waals surface area (Å²) in [5.41, 5.74) is 3.85. The molecule has 1 N–H and O–H groups in total. The van der Waals surface area contributed by atoms with Gasteiger partial charge in [-0.2, -0.15) is 0 Å². The Balaban J connectivity index is 2.43. The van der Waals surface area contributed by atoms with E-state index in [9.17, 15) is 13.2 Å². The van der Waals surface area contributed by atoms with Crippen LogP contribution in [0.15, 0.2) is 42.7 Å². The number of carbonyl (C=O) groups excluding carboxylic acids is 1. The number of sulfone groups is 1. The Kier molecular flexibility index (Phi) is 5.39. The Morgan fingerprint density at radius 1 is 1.12 bits per heavy atom. The molecular formula is C18H22N2O3S. The summed E-state index contributed by atoms with van der Waals surface area (Å²) in [4.78, 5) is 16.5. The molecule has 1 heterocycles. The average Bonchev–Trinajstić information content (AvgIpc) is 2.50. The fraction of sp³-hybridized carbons (Fsp3) is 0.333. The summed E-state index contributed by atoms with van der Waals surface area (Å²) < 4.78 is 23.3. The number of nitrogens with zero attached hydrogens (tertiary/aromatic N) is 1. The van der Waals surface area contributed by atoms with Crippen molar-refractivity contribution in [2.75, 3.05) is 6.26 Å². The summed E-state index contributed by atoms with van der Waals surface area (Å²) in [6, 6.07) is 9.21. The van der Waals surface area contributed by atoms with Crippen molar-refractivity contribution in [3.8, 4) is 0 Å². The van der Waals surface area contributed by atoms with Crippen LogP contribution < -0.4 is 5.32 Å². The normalized spacial score (nSPS) is 14.0. The number of rotatable bonds is 5. The van der Waals surface area contributed by atoms with Gasteiger partial charge in [0.2, 0.25) is 5.91 Å². The number of carbonyl (C=O) groups is 1. The van der Waals surface area contributed by atoms with Gasteiger partial charge in [-0.25, -0.2) is 8.42 Å². The minimum Gasteiger partial charge on any atom is -0.344 e. The van der Waals surface area contributed by atoms with E-state index >= 15 is 0 Å². The molecule has 0 fully saturated rings. The zero-order chi connectivity index (χ0) is 17.9. The standard InChI is InChI=1S/C18H22N2O3S/c1-12-8-13(2)10-16(9-12)17(15-6-5-7-19-11-15)20-18(21)14(3)24(4,22)23/h5-11,14,17H,1-4H3,(H,20,21). The predicted octanol–water partition coefficient (Wildman–Crippen LogP) is 2.34. The zero-order valence-electron chi connectivity index (χ0n) is 14.3. The quantitative estimate of drug-likeness (QED) is 0.901. The molecule has 0 aliphatic heterocycles. The Labute approximate surface area is 143 Å². The predicted molar refractivity (Wildman–Crippen MR) is 94.4 cm³/mol. The van der Waals surface area contributed by atoms with Gasteiger partial charge in [-0.05, 0) is 38.0 Å². The van der Waals surface area contributed by atoms with E-state index in [1.165, 1.54) is 6.92 Å². The molecule has 2 atom stereocenters. The van der Waals surface area contributed by atoms with Gasteiger partial charge in [0.05, 0.1) is 6.04 Å². The van der Waals surface area contributed by atoms with Crippen LogP contribution >= 0.6 is 0 Å². The first-order valence-corrected chi connectivity index (χ1v) is 9.61. The number of hydrogen-bond donors (Lipinski definition) is 1. The Hall–Kier alpha value is -2.21. The molecule has 1 amide bonds. The molecule has 0 bridgehead atoms. The average molecular weight is 346 g/mol. The number of pyridine rings is 1. The van der Waals surface area contributed by atoms with Crippen LogP contribution in [-0.4, -0.2) is 30.8 Å². The molecule has 128 valence electrons. The third-order valence-corrected chi connectivity index (χ3v) is 5.39. The van der Waals surface area contributed by atoms with Crippen LogP contribution in [-0.2, 0) is 14.6 Å². The molecule has 1 aromatic carbocycles. The van der Waals surface area contributed by atoms with Crippen molar-refractivity contribution < 1.29 is 13.2 Å². The van der Waals surface area contributed by atoms with Crippen LogP contribution in [0, 0.1) is 13.8 Å². The van der Waals surface area contributed by atoms with E-state index in [0.29, 0.717) is 0 Å². The minimum atomic E-state index is -3.46. The van der Waals surface area contributed by atoms with Crippen molar-refractivity contribution in [2.24, 2.45) is 0 Å². The number of nitrogens with one attached hydrogen (secondary N) is 1. The third kappa shape index (κ3) is 4.41. The molecule has 0 saturated carbocycles. The van der Waals surface area contributed by atoms with Gasteiger partial charge in [-0.3, -0.25) is 9.78 Å². The van der Waals surface area contributed by atoms with E-state index < -0.39 is 27.0 Å². The molecule has 0 aliphatic rings. The fourth-order valence-electron chi connectivity index (χ4n) is 2.54. The van der Waals surface area contributed by atoms with Crippen molar-refractivity contribution >= 4 is 15.7 Å². The second kappa shape index (κ2) is 7.13. The van der Waals surface area contributed by atoms with Crippen molar-refractivity contribution in [3.05, 3.63) is 65.0 Å². The largest absolute Gasteiger partial charge is 0.344 e. The SMILES string of the molecule is Cc1cc(C)cc(C(NC(=O)C(C)S(C)(=O)=O)c2cccnc2)c1. The highest BCUT2D eigenvalue weighted by molar-refractivity contribution is 7.92. The number of aryl methyl sites for hydroxylation is 2. The van der Waals surface area contributed by atoms with Crippen LogP contribution in [0.1, 0.15) is 35.2 Å². The van der Waals surface area contributed by atoms with E-state index in [4.69, 9.17) is 0 Å². The maximum atomic E-state index is 12.4. The molecule has 0 aliphatic carbocycles. The van der Waals surface area contributed by atoms with E-state index in [0.717, 1.165) is 28.5 Å². The second-order valence-corrected chi connectivity index (χ2v) is 8.49. The zero-order valence-corrected chi connectivity index (χ0v) is 15.1. The van der Waals surface area contributed by atoms with Gasteiger partial charge in [0.25, 0.3) is 0 Å². The lowest BCUT2D eigenvalue weighted by Crippen LogP contribution is -2.39. The van der Waals surface area contributed by atoms with Gasteiger partial charge in [-0.15, -0.1) is 0 Å². The van der Waals surface area contributed by atoms with Crippen LogP contribution in [0.25, 0.3) is 0 Å². The van der Waals surface area contributed by atoms with Crippen molar-refractivity contribution in [1.82, 2.24) is 10.3 Å². The molecule has 1 aromatic heterocycles. The molecule has 5 nitrogen and oxygen atoms in total. The highest BCUT2D eigenvalue weighted by Crippen LogP contribution is 2.24. The first-order chi connectivity index (χ1) is 11.2. The van der Waals surface area contributed by atoms with Crippen LogP contribution in [0.4, 0.5) is 0 Å². The lowest BCUT2D eigenvalue weighted by molar-refractivity contribution is -0.120. The molecule has 2 rings (SSSR count). The first kappa shape index (κ1) is 18.1. The van der Waals surface area contributed by atoms with Gasteiger partial charge in [0.1, 0.15) is 5.25 Å². The first-order valence-electron chi connectivity index (χ1n) is 7.66. The summed E-state index contributed by atoms with van der Waals surface area (Å²) in [6.45, 7) is 5.36. The smallest absolute Gasteiger partial charge is 0.238 e. The summed E-state index contributed by atoms with van der Waals surface area (Å²) in [5, 5.41) is 1.74. The van der Waals surface area contributed by atoms with Gasteiger partial charge >= 0.3 is 0 Å². The van der Waals surface area contributed by atoms with Crippen LogP contribution in [0.2, 0.25) is 0 Å². The second-order valence-electron chi connectivity index (χ2n) is 6.12. The highest BCUT2D eigenvalue weighted by atomic mass is 32.2. The molecule has 24 heavy (non-hydrogen) atoms. The Morgan fingerprint density at radius 2 is 1.75 bits per heavy atom. The molecule has 0 saturated heterocycles. The summed E-state index contributed by atoms with van der Waals surface area (Å²) in [5.74, 6) is -0.523. The van der Waals surface area contributed by atoms with Gasteiger partial charge in [-0.1, -0.05) is 35.4 Å². The molecule has 6 heteroatoms. The lowest BCUT2D eigenvalue weighted by Gasteiger charge is -2.22. The lowest BCUT2D eigenvalue weighted by atomic mass is 9.96. The molecule has 2 aromatic rings. The highest BCUT2D eigenvalue weighted by Gasteiger charge is 2.27. The summed E-state index contributed by atoms with van der Waals surface area (Å²) in [7, 11) is -3.46. The van der Waals surface area contributed by atoms with E-state index in [2.05, 4.69) is 10.3 Å². The van der Waals surface area contributed by atoms with E-state index in [1.54, 1.807) is 18.5 Å². The van der Waals surface area contributed by atoms with Gasteiger partial charge < -0.3 is 5.32 Å². The summed E-state index contributed by atoms with van der Waals surface area (Å²) in [6.07, 6.45) is 4.39. The number of amides is 1. The van der Waals surface area contributed by atoms with E-state index in [1.807, 2.05) is 38.1 Å². The van der Waals surface area contributed by atoms with Crippen LogP contribution in [0.5, 0.6) is 0 Å². The summed E-state index contributed by atoms with van der Waals surface area (Å²) >= 11 is 0. The Morgan fingerprint density at radius 3 is 2.25 bits per heavy atom. The van der Waals surface area contributed by atoms with Crippen molar-refractivity contribution in [1.29, 1.82) is 0 Å². The fourth-order valence-corrected chi connectivity index (χ4v) is 2.99. The monoisotopic (exact) mass is 346 g/mol. The Bertz CT molecular complexity index is 812. The molecule has 0 radical (unpaired) electrons. The minimum absolute atomic E-state index is 0.450. The molecule has 2 unspecified atom stereocenters. The number of aromatic nitrogens is 1.